The van der Waals surface area contributed by atoms with Gasteiger partial charge in [-0.3, -0.25) is 0 Å². The highest BCUT2D eigenvalue weighted by Gasteiger charge is 2.23. The van der Waals surface area contributed by atoms with Crippen molar-refractivity contribution in [2.75, 3.05) is 0 Å². The van der Waals surface area contributed by atoms with Crippen LogP contribution in [0.1, 0.15) is 11.1 Å². The van der Waals surface area contributed by atoms with E-state index >= 15 is 0 Å². The first-order valence-electron chi connectivity index (χ1n) is 9.08. The Balaban J connectivity index is 2.12. The largest absolute Gasteiger partial charge is 0.245 e. The summed E-state index contributed by atoms with van der Waals surface area (Å²) in [5, 5.41) is 21.3. The highest BCUT2D eigenvalue weighted by Crippen LogP contribution is 2.38. The zero-order valence-corrected chi connectivity index (χ0v) is 17.1. The second kappa shape index (κ2) is 8.39. The van der Waals surface area contributed by atoms with Gasteiger partial charge in [-0.25, -0.2) is 4.98 Å². The first-order chi connectivity index (χ1) is 14.6. The van der Waals surface area contributed by atoms with Crippen LogP contribution >= 0.6 is 23.2 Å². The number of hydrogen-bond acceptors (Lipinski definition) is 3. The van der Waals surface area contributed by atoms with Gasteiger partial charge in [-0.2, -0.15) is 10.5 Å². The van der Waals surface area contributed by atoms with Crippen molar-refractivity contribution in [3.05, 3.63) is 100 Å². The number of rotatable bonds is 3. The van der Waals surface area contributed by atoms with Crippen LogP contribution in [0.3, 0.4) is 0 Å². The third-order valence-electron chi connectivity index (χ3n) is 4.72. The molecule has 5 heteroatoms. The summed E-state index contributed by atoms with van der Waals surface area (Å²) in [6.07, 6.45) is 0. The molecule has 0 aliphatic carbocycles. The van der Waals surface area contributed by atoms with Crippen LogP contribution in [-0.4, -0.2) is 4.98 Å². The number of benzene rings is 3. The molecule has 1 heterocycles. The Morgan fingerprint density at radius 3 is 1.40 bits per heavy atom. The molecule has 0 radical (unpaired) electrons. The molecule has 0 amide bonds. The van der Waals surface area contributed by atoms with Crippen molar-refractivity contribution >= 4 is 23.2 Å². The molecule has 0 aliphatic rings. The summed E-state index contributed by atoms with van der Waals surface area (Å²) in [5.41, 5.74) is 4.51. The Morgan fingerprint density at radius 1 is 0.567 bits per heavy atom. The normalized spacial score (nSPS) is 10.3. The maximum atomic E-state index is 10.1. The van der Waals surface area contributed by atoms with Crippen LogP contribution in [0, 0.1) is 22.7 Å². The molecule has 30 heavy (non-hydrogen) atoms. The highest BCUT2D eigenvalue weighted by molar-refractivity contribution is 6.31. The molecule has 3 nitrogen and oxygen atoms in total. The third-order valence-corrected chi connectivity index (χ3v) is 5.22. The number of halogens is 2. The van der Waals surface area contributed by atoms with Gasteiger partial charge in [0.15, 0.2) is 0 Å². The molecule has 0 N–H and O–H groups in total. The monoisotopic (exact) mass is 425 g/mol. The molecule has 0 saturated heterocycles. The van der Waals surface area contributed by atoms with E-state index in [9.17, 15) is 10.5 Å². The topological polar surface area (TPSA) is 60.5 Å². The molecule has 0 fully saturated rings. The SMILES string of the molecule is N#Cc1c(-c2ccc(Cl)cc2)nc(-c2ccc(Cl)cc2)c(C#N)c1-c1ccccc1. The van der Waals surface area contributed by atoms with Crippen molar-refractivity contribution in [2.45, 2.75) is 0 Å². The zero-order valence-electron chi connectivity index (χ0n) is 15.6. The van der Waals surface area contributed by atoms with Crippen molar-refractivity contribution in [2.24, 2.45) is 0 Å². The number of aromatic nitrogens is 1. The van der Waals surface area contributed by atoms with Gasteiger partial charge < -0.3 is 0 Å². The number of pyridine rings is 1. The molecule has 0 unspecified atom stereocenters. The van der Waals surface area contributed by atoms with Crippen LogP contribution in [0.15, 0.2) is 78.9 Å². The lowest BCUT2D eigenvalue weighted by Crippen LogP contribution is -2.01. The van der Waals surface area contributed by atoms with Gasteiger partial charge in [0.25, 0.3) is 0 Å². The van der Waals surface area contributed by atoms with Gasteiger partial charge in [0.1, 0.15) is 12.1 Å². The molecule has 1 aromatic heterocycles. The Bertz CT molecular complexity index is 1220. The summed E-state index contributed by atoms with van der Waals surface area (Å²) in [7, 11) is 0. The molecule has 4 aromatic rings. The zero-order chi connectivity index (χ0) is 21.1. The van der Waals surface area contributed by atoms with Crippen LogP contribution in [0.4, 0.5) is 0 Å². The fourth-order valence-electron chi connectivity index (χ4n) is 3.33. The van der Waals surface area contributed by atoms with Crippen molar-refractivity contribution in [1.29, 1.82) is 10.5 Å². The Morgan fingerprint density at radius 2 is 1.00 bits per heavy atom. The lowest BCUT2D eigenvalue weighted by molar-refractivity contribution is 1.28. The van der Waals surface area contributed by atoms with Crippen molar-refractivity contribution in [1.82, 2.24) is 4.98 Å². The van der Waals surface area contributed by atoms with Gasteiger partial charge in [-0.05, 0) is 29.8 Å². The van der Waals surface area contributed by atoms with Gasteiger partial charge in [0, 0.05) is 26.7 Å². The molecule has 4 rings (SSSR count). The van der Waals surface area contributed by atoms with E-state index in [1.165, 1.54) is 0 Å². The Kier molecular flexibility index (Phi) is 5.50. The molecule has 0 aliphatic heterocycles. The minimum absolute atomic E-state index is 0.345. The maximum Gasteiger partial charge on any atom is 0.102 e. The summed E-state index contributed by atoms with van der Waals surface area (Å²) < 4.78 is 0. The first kappa shape index (κ1) is 19.7. The quantitative estimate of drug-likeness (QED) is 0.350. The summed E-state index contributed by atoms with van der Waals surface area (Å²) in [4.78, 5) is 4.77. The lowest BCUT2D eigenvalue weighted by atomic mass is 9.90. The standard InChI is InChI=1S/C25H13Cl2N3/c26-19-10-6-17(7-11-19)24-21(14-28)23(16-4-2-1-3-5-16)22(15-29)25(30-24)18-8-12-20(27)13-9-18/h1-13H. The predicted molar refractivity (Wildman–Crippen MR) is 120 cm³/mol. The maximum absolute atomic E-state index is 10.1. The molecule has 0 saturated carbocycles. The Labute approximate surface area is 184 Å². The fourth-order valence-corrected chi connectivity index (χ4v) is 3.58. The van der Waals surface area contributed by atoms with Crippen LogP contribution in [0.5, 0.6) is 0 Å². The van der Waals surface area contributed by atoms with E-state index in [4.69, 9.17) is 28.2 Å². The van der Waals surface area contributed by atoms with E-state index in [2.05, 4.69) is 12.1 Å². The van der Waals surface area contributed by atoms with E-state index in [0.717, 1.165) is 16.7 Å². The summed E-state index contributed by atoms with van der Waals surface area (Å²) >= 11 is 12.1. The van der Waals surface area contributed by atoms with E-state index in [-0.39, 0.29) is 0 Å². The van der Waals surface area contributed by atoms with Crippen LogP contribution in [0.2, 0.25) is 10.0 Å². The molecule has 0 bridgehead atoms. The van der Waals surface area contributed by atoms with Crippen LogP contribution in [-0.2, 0) is 0 Å². The van der Waals surface area contributed by atoms with Gasteiger partial charge in [0.2, 0.25) is 0 Å². The molecule has 3 aromatic carbocycles. The third kappa shape index (κ3) is 3.65. The second-order valence-electron chi connectivity index (χ2n) is 6.54. The van der Waals surface area contributed by atoms with Crippen molar-refractivity contribution in [3.8, 4) is 45.8 Å². The lowest BCUT2D eigenvalue weighted by Gasteiger charge is -2.16. The van der Waals surface area contributed by atoms with E-state index in [1.807, 2.05) is 54.6 Å². The van der Waals surface area contributed by atoms with Gasteiger partial charge >= 0.3 is 0 Å². The number of nitrogens with zero attached hydrogens (tertiary/aromatic N) is 3. The Hall–Kier alpha value is -3.63. The highest BCUT2D eigenvalue weighted by atomic mass is 35.5. The van der Waals surface area contributed by atoms with E-state index < -0.39 is 0 Å². The van der Waals surface area contributed by atoms with Crippen LogP contribution in [0.25, 0.3) is 33.6 Å². The number of hydrogen-bond donors (Lipinski definition) is 0. The van der Waals surface area contributed by atoms with Crippen LogP contribution < -0.4 is 0 Å². The smallest absolute Gasteiger partial charge is 0.102 e. The fraction of sp³-hybridized carbons (Fsp3) is 0. The average molecular weight is 426 g/mol. The average Bonchev–Trinajstić information content (AvgIpc) is 2.79. The minimum Gasteiger partial charge on any atom is -0.245 e. The van der Waals surface area contributed by atoms with Crippen molar-refractivity contribution < 1.29 is 0 Å². The molecule has 142 valence electrons. The predicted octanol–water partition coefficient (Wildman–Crippen LogP) is 7.13. The summed E-state index contributed by atoms with van der Waals surface area (Å²) in [6.45, 7) is 0. The molecular formula is C25H13Cl2N3. The van der Waals surface area contributed by atoms with Crippen molar-refractivity contribution in [3.63, 3.8) is 0 Å². The molecule has 0 spiro atoms. The first-order valence-corrected chi connectivity index (χ1v) is 9.83. The molecular weight excluding hydrogens is 413 g/mol. The minimum atomic E-state index is 0.345. The van der Waals surface area contributed by atoms with E-state index in [1.54, 1.807) is 24.3 Å². The van der Waals surface area contributed by atoms with E-state index in [0.29, 0.717) is 38.1 Å². The van der Waals surface area contributed by atoms with Gasteiger partial charge in [-0.1, -0.05) is 77.8 Å². The molecule has 0 atom stereocenters. The summed E-state index contributed by atoms with van der Waals surface area (Å²) in [6, 6.07) is 28.2. The second-order valence-corrected chi connectivity index (χ2v) is 7.41. The number of nitriles is 2. The van der Waals surface area contributed by atoms with Gasteiger partial charge in [0.05, 0.1) is 22.5 Å². The summed E-state index contributed by atoms with van der Waals surface area (Å²) in [5.74, 6) is 0. The van der Waals surface area contributed by atoms with Gasteiger partial charge in [-0.15, -0.1) is 0 Å².